The zero-order valence-corrected chi connectivity index (χ0v) is 12.2. The molecule has 4 nitrogen and oxygen atoms in total. The van der Waals surface area contributed by atoms with Crippen LogP contribution in [0.3, 0.4) is 0 Å². The summed E-state index contributed by atoms with van der Waals surface area (Å²) in [6.07, 6.45) is 1.59. The van der Waals surface area contributed by atoms with E-state index in [4.69, 9.17) is 0 Å². The first-order valence-corrected chi connectivity index (χ1v) is 7.47. The van der Waals surface area contributed by atoms with Crippen molar-refractivity contribution in [1.29, 1.82) is 0 Å². The Morgan fingerprint density at radius 1 is 1.43 bits per heavy atom. The number of hydrogen-bond donors (Lipinski definition) is 2. The molecule has 1 aliphatic rings. The largest absolute Gasteiger partial charge is 0.480 e. The van der Waals surface area contributed by atoms with Gasteiger partial charge in [0.05, 0.1) is 4.88 Å². The van der Waals surface area contributed by atoms with Gasteiger partial charge in [-0.15, -0.1) is 11.3 Å². The smallest absolute Gasteiger partial charge is 0.329 e. The molecule has 1 atom stereocenters. The van der Waals surface area contributed by atoms with Crippen molar-refractivity contribution in [2.45, 2.75) is 25.3 Å². The highest BCUT2D eigenvalue weighted by Gasteiger charge is 2.48. The van der Waals surface area contributed by atoms with Gasteiger partial charge < -0.3 is 10.4 Å². The summed E-state index contributed by atoms with van der Waals surface area (Å²) in [6.45, 7) is 1.53. The predicted molar refractivity (Wildman–Crippen MR) is 78.0 cm³/mol. The molecule has 1 amide bonds. The molecule has 0 radical (unpaired) electrons. The van der Waals surface area contributed by atoms with Crippen LogP contribution in [-0.4, -0.2) is 22.5 Å². The number of hydrogen-bond acceptors (Lipinski definition) is 3. The predicted octanol–water partition coefficient (Wildman–Crippen LogP) is 3.02. The lowest BCUT2D eigenvalue weighted by Gasteiger charge is -2.25. The molecule has 0 aliphatic heterocycles. The van der Waals surface area contributed by atoms with Crippen molar-refractivity contribution in [1.82, 2.24) is 5.32 Å². The zero-order valence-electron chi connectivity index (χ0n) is 11.4. The molecule has 1 aromatic carbocycles. The Morgan fingerprint density at radius 3 is 2.71 bits per heavy atom. The minimum absolute atomic E-state index is 0.0370. The summed E-state index contributed by atoms with van der Waals surface area (Å²) in [4.78, 5) is 24.0. The highest BCUT2D eigenvalue weighted by molar-refractivity contribution is 7.20. The van der Waals surface area contributed by atoms with Gasteiger partial charge in [0.2, 0.25) is 0 Å². The lowest BCUT2D eigenvalue weighted by atomic mass is 9.96. The summed E-state index contributed by atoms with van der Waals surface area (Å²) >= 11 is 1.16. The van der Waals surface area contributed by atoms with E-state index < -0.39 is 17.4 Å². The molecule has 3 rings (SSSR count). The average Bonchev–Trinajstić information content (AvgIpc) is 3.18. The molecule has 110 valence electrons. The van der Waals surface area contributed by atoms with Crippen LogP contribution in [0.1, 0.15) is 29.4 Å². The molecule has 0 spiro atoms. The highest BCUT2D eigenvalue weighted by Crippen LogP contribution is 2.40. The van der Waals surface area contributed by atoms with Gasteiger partial charge in [-0.3, -0.25) is 4.79 Å². The number of halogens is 1. The van der Waals surface area contributed by atoms with Crippen LogP contribution in [0, 0.1) is 11.7 Å². The van der Waals surface area contributed by atoms with Gasteiger partial charge in [-0.2, -0.15) is 0 Å². The van der Waals surface area contributed by atoms with E-state index in [1.54, 1.807) is 12.1 Å². The van der Waals surface area contributed by atoms with E-state index in [1.807, 2.05) is 0 Å². The van der Waals surface area contributed by atoms with Gasteiger partial charge in [-0.05, 0) is 43.9 Å². The number of carbonyl (C=O) groups is 2. The number of amides is 1. The van der Waals surface area contributed by atoms with E-state index in [0.29, 0.717) is 15.0 Å². The van der Waals surface area contributed by atoms with Crippen molar-refractivity contribution in [3.63, 3.8) is 0 Å². The Labute approximate surface area is 124 Å². The first-order chi connectivity index (χ1) is 9.91. The highest BCUT2D eigenvalue weighted by atomic mass is 32.1. The fourth-order valence-electron chi connectivity index (χ4n) is 2.43. The van der Waals surface area contributed by atoms with Crippen LogP contribution in [0.2, 0.25) is 0 Å². The lowest BCUT2D eigenvalue weighted by molar-refractivity contribution is -0.144. The second-order valence-electron chi connectivity index (χ2n) is 5.50. The maximum absolute atomic E-state index is 13.6. The summed E-state index contributed by atoms with van der Waals surface area (Å²) in [5.74, 6) is -1.92. The maximum Gasteiger partial charge on any atom is 0.329 e. The Balaban J connectivity index is 1.90. The van der Waals surface area contributed by atoms with E-state index >= 15 is 0 Å². The summed E-state index contributed by atoms with van der Waals surface area (Å²) in [6, 6.07) is 6.13. The third-order valence-corrected chi connectivity index (χ3v) is 5.04. The summed E-state index contributed by atoms with van der Waals surface area (Å²) < 4.78 is 14.3. The Hall–Kier alpha value is -1.95. The molecule has 0 bridgehead atoms. The van der Waals surface area contributed by atoms with Crippen molar-refractivity contribution in [3.05, 3.63) is 35.0 Å². The van der Waals surface area contributed by atoms with E-state index in [9.17, 15) is 19.1 Å². The molecule has 1 aromatic heterocycles. The van der Waals surface area contributed by atoms with Crippen LogP contribution in [0.5, 0.6) is 0 Å². The molecule has 1 saturated carbocycles. The number of rotatable bonds is 4. The van der Waals surface area contributed by atoms with Crippen LogP contribution in [0.25, 0.3) is 10.1 Å². The third-order valence-electron chi connectivity index (χ3n) is 3.94. The van der Waals surface area contributed by atoms with Crippen molar-refractivity contribution < 1.29 is 19.1 Å². The van der Waals surface area contributed by atoms with E-state index in [0.717, 1.165) is 24.2 Å². The summed E-state index contributed by atoms with van der Waals surface area (Å²) in [7, 11) is 0. The van der Waals surface area contributed by atoms with Gasteiger partial charge >= 0.3 is 5.97 Å². The van der Waals surface area contributed by atoms with Gasteiger partial charge in [0.15, 0.2) is 0 Å². The molecule has 6 heteroatoms. The quantitative estimate of drug-likeness (QED) is 0.912. The van der Waals surface area contributed by atoms with Crippen molar-refractivity contribution in [2.75, 3.05) is 0 Å². The molecule has 0 saturated heterocycles. The zero-order chi connectivity index (χ0) is 15.2. The van der Waals surface area contributed by atoms with Crippen LogP contribution in [0.15, 0.2) is 24.3 Å². The van der Waals surface area contributed by atoms with Gasteiger partial charge in [-0.1, -0.05) is 6.07 Å². The molecular formula is C15H14FNO3S. The van der Waals surface area contributed by atoms with Crippen LogP contribution in [-0.2, 0) is 4.79 Å². The minimum atomic E-state index is -1.26. The van der Waals surface area contributed by atoms with Crippen molar-refractivity contribution >= 4 is 33.3 Å². The summed E-state index contributed by atoms with van der Waals surface area (Å²) in [5, 5.41) is 12.3. The minimum Gasteiger partial charge on any atom is -0.480 e. The molecule has 21 heavy (non-hydrogen) atoms. The molecular weight excluding hydrogens is 293 g/mol. The number of aliphatic carboxylic acids is 1. The first-order valence-electron chi connectivity index (χ1n) is 6.66. The maximum atomic E-state index is 13.6. The van der Waals surface area contributed by atoms with Gasteiger partial charge in [-0.25, -0.2) is 9.18 Å². The second-order valence-corrected chi connectivity index (χ2v) is 6.58. The SMILES string of the molecule is CC(NC(=O)c1cc2c(F)cccc2s1)(C(=O)O)C1CC1. The molecule has 2 aromatic rings. The topological polar surface area (TPSA) is 66.4 Å². The number of carboxylic acids is 1. The lowest BCUT2D eigenvalue weighted by Crippen LogP contribution is -2.53. The first kappa shape index (κ1) is 14.0. The van der Waals surface area contributed by atoms with Crippen molar-refractivity contribution in [2.24, 2.45) is 5.92 Å². The summed E-state index contributed by atoms with van der Waals surface area (Å²) in [5.41, 5.74) is -1.26. The van der Waals surface area contributed by atoms with E-state index in [-0.39, 0.29) is 11.7 Å². The fourth-order valence-corrected chi connectivity index (χ4v) is 3.40. The third kappa shape index (κ3) is 2.40. The number of benzene rings is 1. The number of fused-ring (bicyclic) bond motifs is 1. The van der Waals surface area contributed by atoms with E-state index in [2.05, 4.69) is 5.32 Å². The molecule has 1 fully saturated rings. The standard InChI is InChI=1S/C15H14FNO3S/c1-15(14(19)20,8-5-6-8)17-13(18)12-7-9-10(16)3-2-4-11(9)21-12/h2-4,7-8H,5-6H2,1H3,(H,17,18)(H,19,20). The average molecular weight is 307 g/mol. The number of carbonyl (C=O) groups excluding carboxylic acids is 1. The number of nitrogens with one attached hydrogen (secondary N) is 1. The number of carboxylic acid groups (broad SMARTS) is 1. The Bertz CT molecular complexity index is 738. The monoisotopic (exact) mass is 307 g/mol. The van der Waals surface area contributed by atoms with Gasteiger partial charge in [0.1, 0.15) is 11.4 Å². The van der Waals surface area contributed by atoms with Crippen LogP contribution < -0.4 is 5.32 Å². The van der Waals surface area contributed by atoms with Gasteiger partial charge in [0, 0.05) is 10.1 Å². The molecule has 2 N–H and O–H groups in total. The van der Waals surface area contributed by atoms with E-state index in [1.165, 1.54) is 19.1 Å². The van der Waals surface area contributed by atoms with Gasteiger partial charge in [0.25, 0.3) is 5.91 Å². The normalized spacial score (nSPS) is 17.4. The number of thiophene rings is 1. The molecule has 1 aliphatic carbocycles. The Morgan fingerprint density at radius 2 is 2.14 bits per heavy atom. The Kier molecular flexibility index (Phi) is 3.20. The van der Waals surface area contributed by atoms with Crippen LogP contribution in [0.4, 0.5) is 4.39 Å². The second kappa shape index (κ2) is 4.80. The van der Waals surface area contributed by atoms with Crippen LogP contribution >= 0.6 is 11.3 Å². The fraction of sp³-hybridized carbons (Fsp3) is 0.333. The van der Waals surface area contributed by atoms with Crippen molar-refractivity contribution in [3.8, 4) is 0 Å². The molecule has 1 heterocycles. The molecule has 1 unspecified atom stereocenters.